The first-order valence-electron chi connectivity index (χ1n) is 9.37. The maximum atomic E-state index is 4.62. The Kier molecular flexibility index (Phi) is 8.11. The topological polar surface area (TPSA) is 12.9 Å². The van der Waals surface area contributed by atoms with Crippen molar-refractivity contribution in [3.63, 3.8) is 0 Å². The Hall–Kier alpha value is -2.07. The van der Waals surface area contributed by atoms with Crippen LogP contribution in [0.15, 0.2) is 42.6 Å². The van der Waals surface area contributed by atoms with Crippen molar-refractivity contribution in [3.8, 4) is 23.1 Å². The summed E-state index contributed by atoms with van der Waals surface area (Å²) < 4.78 is 0. The summed E-state index contributed by atoms with van der Waals surface area (Å²) in [4.78, 5) is 4.62. The van der Waals surface area contributed by atoms with Gasteiger partial charge in [0.1, 0.15) is 0 Å². The Morgan fingerprint density at radius 1 is 0.833 bits per heavy atom. The van der Waals surface area contributed by atoms with E-state index in [0.29, 0.717) is 0 Å². The molecule has 1 aromatic heterocycles. The molecule has 2 aromatic rings. The molecule has 0 aliphatic carbocycles. The fourth-order valence-corrected chi connectivity index (χ4v) is 2.67. The van der Waals surface area contributed by atoms with Crippen LogP contribution in [0.1, 0.15) is 69.9 Å². The lowest BCUT2D eigenvalue weighted by molar-refractivity contribution is 0.716. The van der Waals surface area contributed by atoms with Gasteiger partial charge in [0.2, 0.25) is 0 Å². The smallest absolute Gasteiger partial charge is 0.0702 e. The van der Waals surface area contributed by atoms with Crippen molar-refractivity contribution in [2.75, 3.05) is 0 Å². The van der Waals surface area contributed by atoms with Crippen LogP contribution in [0.2, 0.25) is 0 Å². The van der Waals surface area contributed by atoms with Crippen LogP contribution in [-0.2, 0) is 6.42 Å². The number of hydrogen-bond donors (Lipinski definition) is 0. The van der Waals surface area contributed by atoms with E-state index in [1.807, 2.05) is 6.20 Å². The molecule has 0 bridgehead atoms. The molecule has 0 spiro atoms. The molecule has 24 heavy (non-hydrogen) atoms. The van der Waals surface area contributed by atoms with E-state index in [1.54, 1.807) is 0 Å². The lowest BCUT2D eigenvalue weighted by atomic mass is 10.1. The minimum atomic E-state index is 0.997. The van der Waals surface area contributed by atoms with Gasteiger partial charge >= 0.3 is 0 Å². The van der Waals surface area contributed by atoms with Crippen molar-refractivity contribution < 1.29 is 0 Å². The minimum Gasteiger partial charge on any atom is -0.256 e. The standard InChI is InChI=1S/C23H29N/c1-3-5-7-8-10-11-20-13-16-22(17-14-20)23-18-15-21(19-24-23)12-9-6-4-2/h13-19H,3-9,12H2,1-2H3. The third-order valence-corrected chi connectivity index (χ3v) is 4.21. The quantitative estimate of drug-likeness (QED) is 0.404. The van der Waals surface area contributed by atoms with Gasteiger partial charge < -0.3 is 0 Å². The molecule has 0 fully saturated rings. The molecule has 0 aliphatic rings. The summed E-state index contributed by atoms with van der Waals surface area (Å²) in [5.74, 6) is 6.51. The molecule has 0 aliphatic heterocycles. The maximum Gasteiger partial charge on any atom is 0.0702 e. The molecule has 1 nitrogen and oxygen atoms in total. The molecular weight excluding hydrogens is 290 g/mol. The molecule has 1 aromatic carbocycles. The fraction of sp³-hybridized carbons (Fsp3) is 0.435. The maximum absolute atomic E-state index is 4.62. The van der Waals surface area contributed by atoms with Crippen LogP contribution < -0.4 is 0 Å². The van der Waals surface area contributed by atoms with Crippen LogP contribution in [0.5, 0.6) is 0 Å². The summed E-state index contributed by atoms with van der Waals surface area (Å²) in [7, 11) is 0. The van der Waals surface area contributed by atoms with E-state index >= 15 is 0 Å². The number of rotatable bonds is 8. The number of aryl methyl sites for hydroxylation is 1. The highest BCUT2D eigenvalue weighted by Gasteiger charge is 2.00. The predicted molar refractivity (Wildman–Crippen MR) is 104 cm³/mol. The monoisotopic (exact) mass is 319 g/mol. The zero-order chi connectivity index (χ0) is 17.0. The molecule has 0 unspecified atom stereocenters. The summed E-state index contributed by atoms with van der Waals surface area (Å²) in [6.07, 6.45) is 11.7. The molecule has 0 N–H and O–H groups in total. The molecule has 1 heterocycles. The third kappa shape index (κ3) is 6.20. The Bertz CT molecular complexity index is 641. The lowest BCUT2D eigenvalue weighted by Gasteiger charge is -2.04. The van der Waals surface area contributed by atoms with Crippen LogP contribution in [0.25, 0.3) is 11.3 Å². The summed E-state index contributed by atoms with van der Waals surface area (Å²) in [5, 5.41) is 0. The van der Waals surface area contributed by atoms with Gasteiger partial charge in [-0.15, -0.1) is 0 Å². The van der Waals surface area contributed by atoms with Gasteiger partial charge in [-0.3, -0.25) is 4.98 Å². The van der Waals surface area contributed by atoms with Crippen molar-refractivity contribution in [1.82, 2.24) is 4.98 Å². The van der Waals surface area contributed by atoms with Crippen LogP contribution in [0.3, 0.4) is 0 Å². The van der Waals surface area contributed by atoms with Gasteiger partial charge in [0.25, 0.3) is 0 Å². The van der Waals surface area contributed by atoms with Crippen LogP contribution in [0, 0.1) is 11.8 Å². The third-order valence-electron chi connectivity index (χ3n) is 4.21. The number of unbranched alkanes of at least 4 members (excludes halogenated alkanes) is 5. The average Bonchev–Trinajstić information content (AvgIpc) is 2.63. The van der Waals surface area contributed by atoms with E-state index in [9.17, 15) is 0 Å². The van der Waals surface area contributed by atoms with Gasteiger partial charge in [0.15, 0.2) is 0 Å². The van der Waals surface area contributed by atoms with Gasteiger partial charge in [-0.2, -0.15) is 0 Å². The van der Waals surface area contributed by atoms with Crippen molar-refractivity contribution in [2.45, 2.75) is 65.2 Å². The highest BCUT2D eigenvalue weighted by molar-refractivity contribution is 5.60. The molecule has 0 atom stereocenters. The first kappa shape index (κ1) is 18.3. The highest BCUT2D eigenvalue weighted by Crippen LogP contribution is 2.18. The fourth-order valence-electron chi connectivity index (χ4n) is 2.67. The van der Waals surface area contributed by atoms with E-state index in [4.69, 9.17) is 0 Å². The zero-order valence-corrected chi connectivity index (χ0v) is 15.1. The summed E-state index contributed by atoms with van der Waals surface area (Å²) in [5.41, 5.74) is 4.62. The Morgan fingerprint density at radius 3 is 2.25 bits per heavy atom. The Labute approximate surface area is 147 Å². The highest BCUT2D eigenvalue weighted by atomic mass is 14.7. The van der Waals surface area contributed by atoms with Crippen molar-refractivity contribution in [3.05, 3.63) is 53.7 Å². The molecule has 0 amide bonds. The van der Waals surface area contributed by atoms with E-state index in [-0.39, 0.29) is 0 Å². The van der Waals surface area contributed by atoms with E-state index in [0.717, 1.165) is 29.7 Å². The zero-order valence-electron chi connectivity index (χ0n) is 15.1. The molecular formula is C23H29N. The first-order chi connectivity index (χ1) is 11.8. The van der Waals surface area contributed by atoms with E-state index in [1.165, 1.54) is 44.1 Å². The van der Waals surface area contributed by atoms with Crippen LogP contribution in [0.4, 0.5) is 0 Å². The van der Waals surface area contributed by atoms with Gasteiger partial charge in [-0.05, 0) is 43.0 Å². The van der Waals surface area contributed by atoms with Gasteiger partial charge in [-0.25, -0.2) is 0 Å². The molecule has 0 saturated carbocycles. The minimum absolute atomic E-state index is 0.997. The van der Waals surface area contributed by atoms with Gasteiger partial charge in [0.05, 0.1) is 5.69 Å². The van der Waals surface area contributed by atoms with Crippen LogP contribution >= 0.6 is 0 Å². The largest absolute Gasteiger partial charge is 0.256 e. The molecule has 0 saturated heterocycles. The van der Waals surface area contributed by atoms with Crippen molar-refractivity contribution in [1.29, 1.82) is 0 Å². The normalized spacial score (nSPS) is 10.2. The lowest BCUT2D eigenvalue weighted by Crippen LogP contribution is -1.89. The summed E-state index contributed by atoms with van der Waals surface area (Å²) in [6.45, 7) is 4.46. The molecule has 0 radical (unpaired) electrons. The Balaban J connectivity index is 1.92. The summed E-state index contributed by atoms with van der Waals surface area (Å²) >= 11 is 0. The Morgan fingerprint density at radius 2 is 1.58 bits per heavy atom. The second-order valence-corrected chi connectivity index (χ2v) is 6.35. The van der Waals surface area contributed by atoms with E-state index in [2.05, 4.69) is 67.1 Å². The second-order valence-electron chi connectivity index (χ2n) is 6.35. The van der Waals surface area contributed by atoms with Crippen molar-refractivity contribution >= 4 is 0 Å². The van der Waals surface area contributed by atoms with Gasteiger partial charge in [-0.1, -0.05) is 69.6 Å². The number of hydrogen-bond acceptors (Lipinski definition) is 1. The van der Waals surface area contributed by atoms with Crippen LogP contribution in [-0.4, -0.2) is 4.98 Å². The molecule has 2 rings (SSSR count). The number of nitrogens with zero attached hydrogens (tertiary/aromatic N) is 1. The summed E-state index contributed by atoms with van der Waals surface area (Å²) in [6, 6.07) is 12.8. The van der Waals surface area contributed by atoms with Crippen molar-refractivity contribution in [2.24, 2.45) is 0 Å². The number of benzene rings is 1. The number of aromatic nitrogens is 1. The second kappa shape index (κ2) is 10.7. The SMILES string of the molecule is CCCCCC#Cc1ccc(-c2ccc(CCCCC)cn2)cc1. The predicted octanol–water partition coefficient (Wildman–Crippen LogP) is 6.41. The van der Waals surface area contributed by atoms with E-state index < -0.39 is 0 Å². The first-order valence-corrected chi connectivity index (χ1v) is 9.37. The van der Waals surface area contributed by atoms with Gasteiger partial charge in [0, 0.05) is 23.7 Å². The average molecular weight is 319 g/mol. The number of pyridine rings is 1. The molecule has 126 valence electrons. The molecule has 1 heteroatoms.